The topological polar surface area (TPSA) is 63.5 Å². The Balaban J connectivity index is 1.85. The van der Waals surface area contributed by atoms with Crippen molar-refractivity contribution >= 4 is 17.3 Å². The van der Waals surface area contributed by atoms with E-state index in [2.05, 4.69) is 10.3 Å². The SMILES string of the molecule is CC(=O)c1cc(-c2cc(C(=O)NC3CC3)ccc2C)c2ncccn12. The van der Waals surface area contributed by atoms with Crippen LogP contribution in [0.3, 0.4) is 0 Å². The zero-order chi connectivity index (χ0) is 17.6. The van der Waals surface area contributed by atoms with Gasteiger partial charge in [0, 0.05) is 36.5 Å². The molecule has 1 aliphatic rings. The Kier molecular flexibility index (Phi) is 3.64. The third-order valence-corrected chi connectivity index (χ3v) is 4.59. The summed E-state index contributed by atoms with van der Waals surface area (Å²) >= 11 is 0. The molecule has 1 N–H and O–H groups in total. The highest BCUT2D eigenvalue weighted by Crippen LogP contribution is 2.31. The molecule has 1 aliphatic carbocycles. The lowest BCUT2D eigenvalue weighted by molar-refractivity contribution is 0.0950. The normalized spacial score (nSPS) is 13.8. The summed E-state index contributed by atoms with van der Waals surface area (Å²) in [5, 5.41) is 3.02. The number of nitrogens with zero attached hydrogens (tertiary/aromatic N) is 2. The Hall–Kier alpha value is -2.95. The molecule has 0 unspecified atom stereocenters. The monoisotopic (exact) mass is 333 g/mol. The molecule has 1 fully saturated rings. The molecule has 0 radical (unpaired) electrons. The summed E-state index contributed by atoms with van der Waals surface area (Å²) in [5.74, 6) is -0.0680. The molecule has 1 amide bonds. The lowest BCUT2D eigenvalue weighted by atomic mass is 9.99. The second-order valence-corrected chi connectivity index (χ2v) is 6.59. The van der Waals surface area contributed by atoms with Crippen LogP contribution in [0.5, 0.6) is 0 Å². The minimum atomic E-state index is -0.0491. The molecular formula is C20H19N3O2. The van der Waals surface area contributed by atoms with Gasteiger partial charge in [-0.2, -0.15) is 0 Å². The van der Waals surface area contributed by atoms with Crippen LogP contribution >= 0.6 is 0 Å². The van der Waals surface area contributed by atoms with Gasteiger partial charge >= 0.3 is 0 Å². The molecule has 4 rings (SSSR count). The second kappa shape index (κ2) is 5.84. The minimum Gasteiger partial charge on any atom is -0.349 e. The predicted molar refractivity (Wildman–Crippen MR) is 95.9 cm³/mol. The van der Waals surface area contributed by atoms with Crippen LogP contribution < -0.4 is 5.32 Å². The Morgan fingerprint density at radius 1 is 1.20 bits per heavy atom. The van der Waals surface area contributed by atoms with E-state index in [4.69, 9.17) is 0 Å². The molecule has 1 saturated carbocycles. The van der Waals surface area contributed by atoms with Crippen LogP contribution in [0.25, 0.3) is 16.8 Å². The number of rotatable bonds is 4. The van der Waals surface area contributed by atoms with Gasteiger partial charge in [-0.15, -0.1) is 0 Å². The van der Waals surface area contributed by atoms with Gasteiger partial charge in [0.05, 0.1) is 5.69 Å². The van der Waals surface area contributed by atoms with Crippen LogP contribution in [0.1, 0.15) is 46.2 Å². The minimum absolute atomic E-state index is 0.0189. The summed E-state index contributed by atoms with van der Waals surface area (Å²) in [6.45, 7) is 3.54. The third kappa shape index (κ3) is 2.82. The molecule has 1 aromatic carbocycles. The average molecular weight is 333 g/mol. The molecular weight excluding hydrogens is 314 g/mol. The lowest BCUT2D eigenvalue weighted by Gasteiger charge is -2.09. The largest absolute Gasteiger partial charge is 0.349 e. The molecule has 3 aromatic rings. The standard InChI is InChI=1S/C20H19N3O2/c1-12-4-5-14(20(25)22-15-6-7-15)10-16(12)17-11-18(13(2)24)23-9-3-8-21-19(17)23/h3-5,8-11,15H,6-7H2,1-2H3,(H,22,25). The quantitative estimate of drug-likeness (QED) is 0.744. The van der Waals surface area contributed by atoms with Crippen molar-refractivity contribution in [3.05, 3.63) is 59.5 Å². The number of carbonyl (C=O) groups excluding carboxylic acids is 2. The van der Waals surface area contributed by atoms with Gasteiger partial charge in [0.2, 0.25) is 0 Å². The van der Waals surface area contributed by atoms with Crippen LogP contribution in [0.4, 0.5) is 0 Å². The Morgan fingerprint density at radius 3 is 2.72 bits per heavy atom. The number of aromatic nitrogens is 2. The van der Waals surface area contributed by atoms with Crippen LogP contribution in [-0.4, -0.2) is 27.1 Å². The summed E-state index contributed by atoms with van der Waals surface area (Å²) < 4.78 is 1.80. The van der Waals surface area contributed by atoms with E-state index in [0.717, 1.165) is 35.2 Å². The highest BCUT2D eigenvalue weighted by Gasteiger charge is 2.24. The number of hydrogen-bond acceptors (Lipinski definition) is 3. The molecule has 25 heavy (non-hydrogen) atoms. The number of benzene rings is 1. The highest BCUT2D eigenvalue weighted by molar-refractivity contribution is 5.99. The van der Waals surface area contributed by atoms with Gasteiger partial charge in [0.15, 0.2) is 5.78 Å². The number of Topliss-reactive ketones (excluding diaryl/α,β-unsaturated/α-hetero) is 1. The van der Waals surface area contributed by atoms with Gasteiger partial charge in [0.25, 0.3) is 5.91 Å². The molecule has 5 heteroatoms. The molecule has 5 nitrogen and oxygen atoms in total. The van der Waals surface area contributed by atoms with Gasteiger partial charge in [-0.25, -0.2) is 4.98 Å². The maximum atomic E-state index is 12.4. The average Bonchev–Trinajstić information content (AvgIpc) is 3.32. The summed E-state index contributed by atoms with van der Waals surface area (Å²) in [6, 6.07) is 9.65. The summed E-state index contributed by atoms with van der Waals surface area (Å²) in [4.78, 5) is 28.8. The maximum absolute atomic E-state index is 12.4. The van der Waals surface area contributed by atoms with Crippen molar-refractivity contribution in [2.75, 3.05) is 0 Å². The van der Waals surface area contributed by atoms with Crippen LogP contribution in [0.2, 0.25) is 0 Å². The Bertz CT molecular complexity index is 999. The van der Waals surface area contributed by atoms with E-state index in [1.165, 1.54) is 0 Å². The first-order valence-electron chi connectivity index (χ1n) is 8.43. The molecule has 2 heterocycles. The Labute approximate surface area is 145 Å². The van der Waals surface area contributed by atoms with Crippen LogP contribution in [0, 0.1) is 6.92 Å². The first-order valence-corrected chi connectivity index (χ1v) is 8.43. The maximum Gasteiger partial charge on any atom is 0.251 e. The highest BCUT2D eigenvalue weighted by atomic mass is 16.1. The van der Waals surface area contributed by atoms with E-state index in [0.29, 0.717) is 17.3 Å². The number of nitrogens with one attached hydrogen (secondary N) is 1. The van der Waals surface area contributed by atoms with E-state index in [-0.39, 0.29) is 11.7 Å². The number of hydrogen-bond donors (Lipinski definition) is 1. The van der Waals surface area contributed by atoms with Crippen molar-refractivity contribution in [1.82, 2.24) is 14.7 Å². The third-order valence-electron chi connectivity index (χ3n) is 4.59. The number of carbonyl (C=O) groups is 2. The van der Waals surface area contributed by atoms with Crippen molar-refractivity contribution in [1.29, 1.82) is 0 Å². The number of fused-ring (bicyclic) bond motifs is 1. The zero-order valence-electron chi connectivity index (χ0n) is 14.2. The van der Waals surface area contributed by atoms with E-state index >= 15 is 0 Å². The second-order valence-electron chi connectivity index (χ2n) is 6.59. The fraction of sp³-hybridized carbons (Fsp3) is 0.250. The zero-order valence-corrected chi connectivity index (χ0v) is 14.2. The smallest absolute Gasteiger partial charge is 0.251 e. The van der Waals surface area contributed by atoms with Gasteiger partial charge in [0.1, 0.15) is 5.65 Å². The van der Waals surface area contributed by atoms with Crippen molar-refractivity contribution in [2.45, 2.75) is 32.7 Å². The van der Waals surface area contributed by atoms with Crippen LogP contribution in [0.15, 0.2) is 42.7 Å². The molecule has 0 saturated heterocycles. The van der Waals surface area contributed by atoms with Gasteiger partial charge in [-0.1, -0.05) is 6.07 Å². The predicted octanol–water partition coefficient (Wildman–Crippen LogP) is 3.40. The van der Waals surface area contributed by atoms with Gasteiger partial charge in [-0.05, 0) is 55.2 Å². The number of aryl methyl sites for hydroxylation is 1. The molecule has 0 atom stereocenters. The number of amides is 1. The lowest BCUT2D eigenvalue weighted by Crippen LogP contribution is -2.25. The van der Waals surface area contributed by atoms with Crippen molar-refractivity contribution in [2.24, 2.45) is 0 Å². The van der Waals surface area contributed by atoms with Gasteiger partial charge in [-0.3, -0.25) is 14.0 Å². The fourth-order valence-corrected chi connectivity index (χ4v) is 3.05. The number of ketones is 1. The van der Waals surface area contributed by atoms with Gasteiger partial charge < -0.3 is 5.32 Å². The molecule has 0 spiro atoms. The van der Waals surface area contributed by atoms with Crippen LogP contribution in [-0.2, 0) is 0 Å². The first-order chi connectivity index (χ1) is 12.0. The van der Waals surface area contributed by atoms with E-state index in [1.807, 2.05) is 37.4 Å². The van der Waals surface area contributed by atoms with Crippen molar-refractivity contribution < 1.29 is 9.59 Å². The summed E-state index contributed by atoms with van der Waals surface area (Å²) in [5.41, 5.74) is 4.76. The van der Waals surface area contributed by atoms with E-state index < -0.39 is 0 Å². The van der Waals surface area contributed by atoms with E-state index in [1.54, 1.807) is 23.6 Å². The molecule has 0 bridgehead atoms. The Morgan fingerprint density at radius 2 is 2.00 bits per heavy atom. The summed E-state index contributed by atoms with van der Waals surface area (Å²) in [7, 11) is 0. The molecule has 0 aliphatic heterocycles. The first kappa shape index (κ1) is 15.6. The molecule has 2 aromatic heterocycles. The van der Waals surface area contributed by atoms with E-state index in [9.17, 15) is 9.59 Å². The molecule has 126 valence electrons. The fourth-order valence-electron chi connectivity index (χ4n) is 3.05. The van der Waals surface area contributed by atoms with Crippen molar-refractivity contribution in [3.8, 4) is 11.1 Å². The van der Waals surface area contributed by atoms with Crippen molar-refractivity contribution in [3.63, 3.8) is 0 Å². The summed E-state index contributed by atoms with van der Waals surface area (Å²) in [6.07, 6.45) is 5.66.